The van der Waals surface area contributed by atoms with Crippen molar-refractivity contribution >= 4 is 28.5 Å². The molecular weight excluding hydrogens is 348 g/mol. The molecule has 3 aromatic rings. The summed E-state index contributed by atoms with van der Waals surface area (Å²) >= 11 is 0. The van der Waals surface area contributed by atoms with Gasteiger partial charge in [-0.3, -0.25) is 9.59 Å². The molecule has 0 saturated carbocycles. The number of esters is 1. The van der Waals surface area contributed by atoms with E-state index >= 15 is 0 Å². The normalized spacial score (nSPS) is 10.2. The summed E-state index contributed by atoms with van der Waals surface area (Å²) in [6.45, 7) is -0.442. The van der Waals surface area contributed by atoms with E-state index in [1.165, 1.54) is 6.26 Å². The zero-order chi connectivity index (χ0) is 19.2. The largest absolute Gasteiger partial charge is 0.497 e. The van der Waals surface area contributed by atoms with Crippen LogP contribution in [0.25, 0.3) is 11.0 Å². The van der Waals surface area contributed by atoms with Crippen molar-refractivity contribution in [1.82, 2.24) is 0 Å². The van der Waals surface area contributed by atoms with Gasteiger partial charge >= 0.3 is 5.97 Å². The second-order valence-corrected chi connectivity index (χ2v) is 5.67. The Kier molecular flexibility index (Phi) is 5.38. The first-order valence-electron chi connectivity index (χ1n) is 8.09. The maximum Gasteiger partial charge on any atom is 0.310 e. The molecule has 7 nitrogen and oxygen atoms in total. The molecule has 0 aliphatic heterocycles. The smallest absolute Gasteiger partial charge is 0.310 e. The number of nitrogens with zero attached hydrogens (tertiary/aromatic N) is 1. The van der Waals surface area contributed by atoms with Crippen molar-refractivity contribution in [2.45, 2.75) is 6.42 Å². The standard InChI is InChI=1S/C20H16N2O5/c1-25-15-6-7-16-14(11-26-18(16)9-15)8-20(24)27-12-19(23)22-17-5-3-2-4-13(17)10-21/h2-7,9,11H,8,12H2,1H3,(H,22,23). The van der Waals surface area contributed by atoms with E-state index in [2.05, 4.69) is 5.32 Å². The molecule has 1 N–H and O–H groups in total. The highest BCUT2D eigenvalue weighted by molar-refractivity contribution is 5.94. The SMILES string of the molecule is COc1ccc2c(CC(=O)OCC(=O)Nc3ccccc3C#N)coc2c1. The number of nitrogens with one attached hydrogen (secondary N) is 1. The van der Waals surface area contributed by atoms with Gasteiger partial charge in [0.15, 0.2) is 6.61 Å². The number of anilines is 1. The summed E-state index contributed by atoms with van der Waals surface area (Å²) in [5.41, 5.74) is 1.96. The fourth-order valence-electron chi connectivity index (χ4n) is 2.56. The van der Waals surface area contributed by atoms with Crippen molar-refractivity contribution in [1.29, 1.82) is 5.26 Å². The third kappa shape index (κ3) is 4.25. The van der Waals surface area contributed by atoms with Crippen molar-refractivity contribution < 1.29 is 23.5 Å². The van der Waals surface area contributed by atoms with E-state index < -0.39 is 18.5 Å². The number of benzene rings is 2. The van der Waals surface area contributed by atoms with Crippen LogP contribution in [0.4, 0.5) is 5.69 Å². The summed E-state index contributed by atoms with van der Waals surface area (Å²) in [4.78, 5) is 24.0. The minimum atomic E-state index is -0.558. The number of ether oxygens (including phenoxy) is 2. The van der Waals surface area contributed by atoms with Crippen molar-refractivity contribution in [3.8, 4) is 11.8 Å². The van der Waals surface area contributed by atoms with Crippen LogP contribution in [0.5, 0.6) is 5.75 Å². The molecule has 0 atom stereocenters. The Balaban J connectivity index is 1.57. The number of carbonyl (C=O) groups is 2. The van der Waals surface area contributed by atoms with Gasteiger partial charge in [-0.05, 0) is 24.3 Å². The highest BCUT2D eigenvalue weighted by atomic mass is 16.5. The molecule has 27 heavy (non-hydrogen) atoms. The lowest BCUT2D eigenvalue weighted by molar-refractivity contribution is -0.146. The van der Waals surface area contributed by atoms with Crippen LogP contribution in [0.3, 0.4) is 0 Å². The maximum atomic E-state index is 12.0. The van der Waals surface area contributed by atoms with Crippen LogP contribution >= 0.6 is 0 Å². The molecule has 136 valence electrons. The predicted octanol–water partition coefficient (Wildman–Crippen LogP) is 3.04. The minimum absolute atomic E-state index is 0.0264. The Bertz CT molecular complexity index is 1030. The lowest BCUT2D eigenvalue weighted by Crippen LogP contribution is -2.22. The number of carbonyl (C=O) groups excluding carboxylic acids is 2. The molecule has 0 spiro atoms. The molecular formula is C20H16N2O5. The topological polar surface area (TPSA) is 102 Å². The number of hydrogen-bond donors (Lipinski definition) is 1. The number of amides is 1. The quantitative estimate of drug-likeness (QED) is 0.675. The first-order chi connectivity index (χ1) is 13.1. The van der Waals surface area contributed by atoms with E-state index in [0.717, 1.165) is 5.39 Å². The van der Waals surface area contributed by atoms with Gasteiger partial charge in [-0.2, -0.15) is 5.26 Å². The summed E-state index contributed by atoms with van der Waals surface area (Å²) in [6.07, 6.45) is 1.45. The number of hydrogen-bond acceptors (Lipinski definition) is 6. The van der Waals surface area contributed by atoms with Gasteiger partial charge < -0.3 is 19.2 Å². The second kappa shape index (κ2) is 8.06. The highest BCUT2D eigenvalue weighted by Crippen LogP contribution is 2.26. The maximum absolute atomic E-state index is 12.0. The molecule has 0 fully saturated rings. The van der Waals surface area contributed by atoms with E-state index in [0.29, 0.717) is 28.1 Å². The Hall–Kier alpha value is -3.79. The summed E-state index contributed by atoms with van der Waals surface area (Å²) < 4.78 is 15.6. The predicted molar refractivity (Wildman–Crippen MR) is 97.2 cm³/mol. The van der Waals surface area contributed by atoms with Gasteiger partial charge in [-0.1, -0.05) is 12.1 Å². The molecule has 0 radical (unpaired) electrons. The second-order valence-electron chi connectivity index (χ2n) is 5.67. The van der Waals surface area contributed by atoms with Crippen LogP contribution in [0.15, 0.2) is 53.1 Å². The van der Waals surface area contributed by atoms with Gasteiger partial charge in [0.1, 0.15) is 17.4 Å². The molecule has 2 aromatic carbocycles. The molecule has 0 aliphatic rings. The van der Waals surface area contributed by atoms with Crippen LogP contribution in [-0.2, 0) is 20.7 Å². The monoisotopic (exact) mass is 364 g/mol. The van der Waals surface area contributed by atoms with E-state index in [1.54, 1.807) is 49.6 Å². The Morgan fingerprint density at radius 3 is 2.81 bits per heavy atom. The Labute approximate surface area is 155 Å². The van der Waals surface area contributed by atoms with E-state index in [4.69, 9.17) is 19.2 Å². The first kappa shape index (κ1) is 18.0. The van der Waals surface area contributed by atoms with E-state index in [-0.39, 0.29) is 6.42 Å². The van der Waals surface area contributed by atoms with E-state index in [1.807, 2.05) is 6.07 Å². The number of rotatable bonds is 6. The first-order valence-corrected chi connectivity index (χ1v) is 8.09. The number of furan rings is 1. The Morgan fingerprint density at radius 2 is 2.04 bits per heavy atom. The van der Waals surface area contributed by atoms with E-state index in [9.17, 15) is 9.59 Å². The number of nitriles is 1. The van der Waals surface area contributed by atoms with Gasteiger partial charge in [-0.25, -0.2) is 0 Å². The number of fused-ring (bicyclic) bond motifs is 1. The lowest BCUT2D eigenvalue weighted by Gasteiger charge is -2.07. The van der Waals surface area contributed by atoms with Crippen LogP contribution in [0.1, 0.15) is 11.1 Å². The molecule has 1 amide bonds. The molecule has 7 heteroatoms. The van der Waals surface area contributed by atoms with Gasteiger partial charge in [-0.15, -0.1) is 0 Å². The van der Waals surface area contributed by atoms with Gasteiger partial charge in [0.05, 0.1) is 31.0 Å². The van der Waals surface area contributed by atoms with Crippen LogP contribution < -0.4 is 10.1 Å². The van der Waals surface area contributed by atoms with Gasteiger partial charge in [0.25, 0.3) is 5.91 Å². The zero-order valence-corrected chi connectivity index (χ0v) is 14.5. The summed E-state index contributed by atoms with van der Waals surface area (Å²) in [7, 11) is 1.56. The molecule has 1 heterocycles. The van der Waals surface area contributed by atoms with Crippen molar-refractivity contribution in [2.75, 3.05) is 19.0 Å². The highest BCUT2D eigenvalue weighted by Gasteiger charge is 2.14. The van der Waals surface area contributed by atoms with Crippen LogP contribution in [-0.4, -0.2) is 25.6 Å². The average Bonchev–Trinajstić information content (AvgIpc) is 3.08. The summed E-state index contributed by atoms with van der Waals surface area (Å²) in [5.74, 6) is -0.426. The minimum Gasteiger partial charge on any atom is -0.497 e. The summed E-state index contributed by atoms with van der Waals surface area (Å²) in [5, 5.41) is 12.3. The van der Waals surface area contributed by atoms with Crippen molar-refractivity contribution in [2.24, 2.45) is 0 Å². The molecule has 0 saturated heterocycles. The van der Waals surface area contributed by atoms with Gasteiger partial charge in [0.2, 0.25) is 0 Å². The fraction of sp³-hybridized carbons (Fsp3) is 0.150. The molecule has 0 unspecified atom stereocenters. The van der Waals surface area contributed by atoms with Crippen LogP contribution in [0, 0.1) is 11.3 Å². The van der Waals surface area contributed by atoms with Crippen molar-refractivity contribution in [3.63, 3.8) is 0 Å². The number of para-hydroxylation sites is 1. The number of methoxy groups -OCH3 is 1. The summed E-state index contributed by atoms with van der Waals surface area (Å²) in [6, 6.07) is 13.8. The average molecular weight is 364 g/mol. The lowest BCUT2D eigenvalue weighted by atomic mass is 10.1. The zero-order valence-electron chi connectivity index (χ0n) is 14.5. The van der Waals surface area contributed by atoms with Crippen molar-refractivity contribution in [3.05, 3.63) is 59.9 Å². The van der Waals surface area contributed by atoms with Gasteiger partial charge in [0, 0.05) is 17.0 Å². The molecule has 0 bridgehead atoms. The Morgan fingerprint density at radius 1 is 1.22 bits per heavy atom. The fourth-order valence-corrected chi connectivity index (χ4v) is 2.56. The third-order valence-electron chi connectivity index (χ3n) is 3.88. The van der Waals surface area contributed by atoms with Crippen LogP contribution in [0.2, 0.25) is 0 Å². The molecule has 3 rings (SSSR count). The third-order valence-corrected chi connectivity index (χ3v) is 3.88. The molecule has 1 aromatic heterocycles. The molecule has 0 aliphatic carbocycles.